The molecule has 0 radical (unpaired) electrons. The van der Waals surface area contributed by atoms with Crippen LogP contribution in [0.25, 0.3) is 22.4 Å². The summed E-state index contributed by atoms with van der Waals surface area (Å²) in [5.41, 5.74) is -3.13. The van der Waals surface area contributed by atoms with Crippen LogP contribution in [0.15, 0.2) is 41.3 Å². The first-order chi connectivity index (χ1) is 21.2. The van der Waals surface area contributed by atoms with Crippen LogP contribution in [0.4, 0.5) is 29.2 Å². The standard InChI is InChI=1S/C30H33F4N7O3S.ClH/c1-16(2)41-28-23(14-35-30(38-28)36-19-9-11-20(12-10-19)40(3)4)37-26(29(41)42)21-13-22(32)27(25(34)24(21)33)39-45(43,44)15-17-5-7-18(31)8-6-17;/h5-8,13-14,16,19-20,39H,9-12,15H2,1-4H3,(H,35,36,38);1H/t19-,20-;. The van der Waals surface area contributed by atoms with Gasteiger partial charge >= 0.3 is 0 Å². The van der Waals surface area contributed by atoms with E-state index >= 15 is 13.2 Å². The predicted octanol–water partition coefficient (Wildman–Crippen LogP) is 5.64. The summed E-state index contributed by atoms with van der Waals surface area (Å²) in [6.07, 6.45) is 5.18. The van der Waals surface area contributed by atoms with Crippen molar-refractivity contribution in [3.63, 3.8) is 0 Å². The first-order valence-electron chi connectivity index (χ1n) is 14.4. The number of halogens is 5. The number of nitrogens with zero attached hydrogens (tertiary/aromatic N) is 5. The van der Waals surface area contributed by atoms with Crippen LogP contribution in [0.5, 0.6) is 0 Å². The average molecular weight is 684 g/mol. The Kier molecular flexibility index (Phi) is 10.6. The van der Waals surface area contributed by atoms with Crippen molar-refractivity contribution in [3.05, 3.63) is 75.7 Å². The maximum atomic E-state index is 15.4. The molecule has 2 N–H and O–H groups in total. The van der Waals surface area contributed by atoms with Crippen molar-refractivity contribution in [2.75, 3.05) is 24.1 Å². The summed E-state index contributed by atoms with van der Waals surface area (Å²) in [7, 11) is -0.331. The van der Waals surface area contributed by atoms with Crippen LogP contribution in [0.3, 0.4) is 0 Å². The van der Waals surface area contributed by atoms with E-state index in [0.717, 1.165) is 37.8 Å². The monoisotopic (exact) mass is 683 g/mol. The van der Waals surface area contributed by atoms with E-state index in [1.165, 1.54) is 22.9 Å². The highest BCUT2D eigenvalue weighted by Gasteiger charge is 2.28. The number of anilines is 2. The predicted molar refractivity (Wildman–Crippen MR) is 171 cm³/mol. The lowest BCUT2D eigenvalue weighted by Crippen LogP contribution is -2.36. The minimum absolute atomic E-state index is 0. The lowest BCUT2D eigenvalue weighted by molar-refractivity contribution is 0.221. The van der Waals surface area contributed by atoms with Gasteiger partial charge < -0.3 is 10.2 Å². The fourth-order valence-electron chi connectivity index (χ4n) is 5.50. The van der Waals surface area contributed by atoms with Gasteiger partial charge in [-0.05, 0) is 77.4 Å². The quantitative estimate of drug-likeness (QED) is 0.172. The lowest BCUT2D eigenvalue weighted by atomic mass is 9.91. The molecule has 0 aliphatic heterocycles. The third kappa shape index (κ3) is 7.42. The summed E-state index contributed by atoms with van der Waals surface area (Å²) >= 11 is 0. The van der Waals surface area contributed by atoms with Gasteiger partial charge in [-0.1, -0.05) is 12.1 Å². The number of hydrogen-bond acceptors (Lipinski definition) is 8. The van der Waals surface area contributed by atoms with E-state index in [2.05, 4.69) is 39.3 Å². The highest BCUT2D eigenvalue weighted by atomic mass is 35.5. The van der Waals surface area contributed by atoms with Crippen LogP contribution < -0.4 is 15.6 Å². The van der Waals surface area contributed by atoms with Gasteiger partial charge in [0.05, 0.1) is 11.9 Å². The molecule has 248 valence electrons. The van der Waals surface area contributed by atoms with Crippen LogP contribution in [-0.4, -0.2) is 59.0 Å². The van der Waals surface area contributed by atoms with Gasteiger partial charge in [0.15, 0.2) is 23.1 Å². The van der Waals surface area contributed by atoms with Crippen molar-refractivity contribution in [1.82, 2.24) is 24.4 Å². The summed E-state index contributed by atoms with van der Waals surface area (Å²) < 4.78 is 87.2. The van der Waals surface area contributed by atoms with Crippen molar-refractivity contribution < 1.29 is 26.0 Å². The van der Waals surface area contributed by atoms with Gasteiger partial charge in [-0.25, -0.2) is 35.9 Å². The summed E-state index contributed by atoms with van der Waals surface area (Å²) in [5, 5.41) is 3.32. The Bertz CT molecular complexity index is 1900. The molecule has 1 fully saturated rings. The molecule has 4 aromatic rings. The summed E-state index contributed by atoms with van der Waals surface area (Å²) in [6.45, 7) is 3.39. The van der Waals surface area contributed by atoms with Crippen molar-refractivity contribution in [2.45, 2.75) is 63.4 Å². The third-order valence-corrected chi connectivity index (χ3v) is 9.08. The second-order valence-electron chi connectivity index (χ2n) is 11.6. The smallest absolute Gasteiger partial charge is 0.279 e. The molecule has 0 amide bonds. The molecule has 0 spiro atoms. The number of sulfonamides is 1. The van der Waals surface area contributed by atoms with Crippen LogP contribution >= 0.6 is 12.4 Å². The van der Waals surface area contributed by atoms with Gasteiger partial charge in [0.1, 0.15) is 22.7 Å². The van der Waals surface area contributed by atoms with E-state index < -0.39 is 67.6 Å². The third-order valence-electron chi connectivity index (χ3n) is 7.85. The molecular weight excluding hydrogens is 650 g/mol. The molecule has 10 nitrogen and oxygen atoms in total. The van der Waals surface area contributed by atoms with Crippen LogP contribution in [0.1, 0.15) is 51.1 Å². The van der Waals surface area contributed by atoms with Gasteiger partial charge in [-0.3, -0.25) is 14.1 Å². The summed E-state index contributed by atoms with van der Waals surface area (Å²) in [6, 6.07) is 5.08. The Labute approximate surface area is 269 Å². The highest BCUT2D eigenvalue weighted by Crippen LogP contribution is 2.31. The van der Waals surface area contributed by atoms with Crippen LogP contribution in [0.2, 0.25) is 0 Å². The van der Waals surface area contributed by atoms with Gasteiger partial charge in [0, 0.05) is 23.7 Å². The largest absolute Gasteiger partial charge is 0.351 e. The molecule has 0 atom stereocenters. The summed E-state index contributed by atoms with van der Waals surface area (Å²) in [5.74, 6) is -6.06. The summed E-state index contributed by atoms with van der Waals surface area (Å²) in [4.78, 5) is 28.8. The van der Waals surface area contributed by atoms with E-state index in [9.17, 15) is 17.6 Å². The lowest BCUT2D eigenvalue weighted by Gasteiger charge is -2.32. The van der Waals surface area contributed by atoms with Gasteiger partial charge in [-0.15, -0.1) is 12.4 Å². The van der Waals surface area contributed by atoms with Gasteiger partial charge in [0.2, 0.25) is 16.0 Å². The van der Waals surface area contributed by atoms with Crippen LogP contribution in [-0.2, 0) is 15.8 Å². The van der Waals surface area contributed by atoms with Crippen molar-refractivity contribution in [1.29, 1.82) is 0 Å². The van der Waals surface area contributed by atoms with E-state index in [-0.39, 0.29) is 35.2 Å². The highest BCUT2D eigenvalue weighted by molar-refractivity contribution is 7.91. The molecule has 2 aromatic carbocycles. The minimum atomic E-state index is -4.44. The average Bonchev–Trinajstić information content (AvgIpc) is 2.98. The number of benzene rings is 2. The Morgan fingerprint density at radius 3 is 2.26 bits per heavy atom. The molecule has 2 aromatic heterocycles. The first-order valence-corrected chi connectivity index (χ1v) is 16.0. The molecule has 0 bridgehead atoms. The zero-order valence-corrected chi connectivity index (χ0v) is 27.2. The Morgan fingerprint density at radius 1 is 1.00 bits per heavy atom. The fraction of sp³-hybridized carbons (Fsp3) is 0.400. The molecule has 16 heteroatoms. The maximum Gasteiger partial charge on any atom is 0.279 e. The number of fused-ring (bicyclic) bond motifs is 1. The molecule has 1 saturated carbocycles. The molecular formula is C30H34ClF4N7O3S. The van der Waals surface area contributed by atoms with Gasteiger partial charge in [-0.2, -0.15) is 4.98 Å². The van der Waals surface area contributed by atoms with E-state index in [1.54, 1.807) is 18.6 Å². The normalized spacial score (nSPS) is 16.9. The van der Waals surface area contributed by atoms with Crippen molar-refractivity contribution >= 4 is 45.2 Å². The molecule has 46 heavy (non-hydrogen) atoms. The number of hydrogen-bond donors (Lipinski definition) is 2. The topological polar surface area (TPSA) is 122 Å². The fourth-order valence-corrected chi connectivity index (χ4v) is 6.70. The van der Waals surface area contributed by atoms with Crippen molar-refractivity contribution in [3.8, 4) is 11.3 Å². The molecule has 5 rings (SSSR count). The first kappa shape index (κ1) is 35.0. The molecule has 1 aliphatic rings. The Balaban J connectivity index is 0.00000480. The molecule has 1 aliphatic carbocycles. The molecule has 0 saturated heterocycles. The SMILES string of the molecule is CC(C)n1c(=O)c(-c2cc(F)c(NS(=O)(=O)Cc3ccc(F)cc3)c(F)c2F)nc2cnc(N[C@H]3CC[C@H](N(C)C)CC3)nc21.Cl. The van der Waals surface area contributed by atoms with E-state index in [1.807, 2.05) is 0 Å². The second kappa shape index (κ2) is 13.9. The Hall–Kier alpha value is -3.82. The minimum Gasteiger partial charge on any atom is -0.351 e. The number of rotatable bonds is 9. The van der Waals surface area contributed by atoms with Gasteiger partial charge in [0.25, 0.3) is 5.56 Å². The molecule has 0 unspecified atom stereocenters. The zero-order chi connectivity index (χ0) is 32.6. The molecule has 2 heterocycles. The Morgan fingerprint density at radius 2 is 1.65 bits per heavy atom. The second-order valence-corrected chi connectivity index (χ2v) is 13.4. The van der Waals surface area contributed by atoms with Crippen molar-refractivity contribution in [2.24, 2.45) is 0 Å². The number of aromatic nitrogens is 4. The van der Waals surface area contributed by atoms with Crippen LogP contribution in [0, 0.1) is 23.3 Å². The zero-order valence-electron chi connectivity index (χ0n) is 25.5. The van der Waals surface area contributed by atoms with E-state index in [4.69, 9.17) is 0 Å². The maximum absolute atomic E-state index is 15.4. The number of nitrogens with one attached hydrogen (secondary N) is 2. The van der Waals surface area contributed by atoms with E-state index in [0.29, 0.717) is 18.1 Å².